The third kappa shape index (κ3) is 32.6. The van der Waals surface area contributed by atoms with Crippen LogP contribution in [0.5, 0.6) is 0 Å². The molecular formula is C37H76S. The molecule has 0 aliphatic heterocycles. The van der Waals surface area contributed by atoms with E-state index in [-0.39, 0.29) is 0 Å². The van der Waals surface area contributed by atoms with Crippen molar-refractivity contribution >= 4 is 11.8 Å². The number of thioether (sulfide) groups is 1. The molecule has 0 saturated heterocycles. The Labute approximate surface area is 248 Å². The van der Waals surface area contributed by atoms with Crippen molar-refractivity contribution in [2.24, 2.45) is 5.92 Å². The first-order chi connectivity index (χ1) is 18.8. The van der Waals surface area contributed by atoms with Gasteiger partial charge < -0.3 is 0 Å². The molecule has 0 spiro atoms. The van der Waals surface area contributed by atoms with Crippen molar-refractivity contribution in [1.29, 1.82) is 0 Å². The first-order valence-corrected chi connectivity index (χ1v) is 19.6. The van der Waals surface area contributed by atoms with Crippen molar-refractivity contribution in [2.75, 3.05) is 11.5 Å². The lowest BCUT2D eigenvalue weighted by Crippen LogP contribution is -2.03. The molecule has 0 atom stereocenters. The van der Waals surface area contributed by atoms with E-state index < -0.39 is 0 Å². The highest BCUT2D eigenvalue weighted by Crippen LogP contribution is 2.24. The molecule has 0 radical (unpaired) electrons. The Morgan fingerprint density at radius 3 is 0.842 bits per heavy atom. The Hall–Kier alpha value is 0.350. The predicted molar refractivity (Wildman–Crippen MR) is 181 cm³/mol. The summed E-state index contributed by atoms with van der Waals surface area (Å²) in [7, 11) is 0. The maximum Gasteiger partial charge on any atom is -0.00650 e. The minimum atomic E-state index is 1.02. The lowest BCUT2D eigenvalue weighted by atomic mass is 9.92. The second-order valence-electron chi connectivity index (χ2n) is 12.6. The number of unbranched alkanes of at least 4 members (excludes halogenated alkanes) is 26. The number of hydrogen-bond acceptors (Lipinski definition) is 1. The quantitative estimate of drug-likeness (QED) is 0.0715. The minimum absolute atomic E-state index is 1.02. The Kier molecular flexibility index (Phi) is 35.7. The van der Waals surface area contributed by atoms with Crippen LogP contribution in [-0.4, -0.2) is 11.5 Å². The van der Waals surface area contributed by atoms with Crippen LogP contribution in [0.2, 0.25) is 0 Å². The highest BCUT2D eigenvalue weighted by atomic mass is 32.2. The van der Waals surface area contributed by atoms with E-state index in [1.165, 1.54) is 211 Å². The van der Waals surface area contributed by atoms with Gasteiger partial charge in [0.05, 0.1) is 0 Å². The smallest absolute Gasteiger partial charge is 0.00650 e. The monoisotopic (exact) mass is 553 g/mol. The van der Waals surface area contributed by atoms with Gasteiger partial charge in [0.2, 0.25) is 0 Å². The molecule has 0 amide bonds. The van der Waals surface area contributed by atoms with E-state index in [1.807, 2.05) is 0 Å². The van der Waals surface area contributed by atoms with Gasteiger partial charge in [0.1, 0.15) is 0 Å². The lowest BCUT2D eigenvalue weighted by molar-refractivity contribution is 0.394. The molecule has 0 aromatic rings. The summed E-state index contributed by atoms with van der Waals surface area (Å²) in [5.74, 6) is 3.71. The Morgan fingerprint density at radius 2 is 0.579 bits per heavy atom. The van der Waals surface area contributed by atoms with Crippen molar-refractivity contribution in [3.63, 3.8) is 0 Å². The lowest BCUT2D eigenvalue weighted by Gasteiger charge is -2.16. The summed E-state index contributed by atoms with van der Waals surface area (Å²) < 4.78 is 0. The second-order valence-corrected chi connectivity index (χ2v) is 14.0. The molecule has 0 aliphatic rings. The van der Waals surface area contributed by atoms with Crippen LogP contribution in [0.15, 0.2) is 0 Å². The minimum Gasteiger partial charge on any atom is -0.162 e. The van der Waals surface area contributed by atoms with E-state index in [4.69, 9.17) is 0 Å². The SMILES string of the molecule is CCCCCCCCCCCCCCCCC(CCCCCCCCCCCCCCCC)CCSCC. The zero-order valence-corrected chi connectivity index (χ0v) is 28.1. The van der Waals surface area contributed by atoms with Crippen LogP contribution in [-0.2, 0) is 0 Å². The van der Waals surface area contributed by atoms with Crippen molar-refractivity contribution in [1.82, 2.24) is 0 Å². The second kappa shape index (κ2) is 35.4. The highest BCUT2D eigenvalue weighted by Gasteiger charge is 2.08. The van der Waals surface area contributed by atoms with Crippen LogP contribution in [0.25, 0.3) is 0 Å². The van der Waals surface area contributed by atoms with Gasteiger partial charge in [-0.2, -0.15) is 11.8 Å². The van der Waals surface area contributed by atoms with Crippen LogP contribution in [0.4, 0.5) is 0 Å². The summed E-state index contributed by atoms with van der Waals surface area (Å²) in [4.78, 5) is 0. The molecule has 230 valence electrons. The summed E-state index contributed by atoms with van der Waals surface area (Å²) in [6, 6.07) is 0. The molecule has 0 N–H and O–H groups in total. The zero-order chi connectivity index (χ0) is 27.6. The van der Waals surface area contributed by atoms with Gasteiger partial charge >= 0.3 is 0 Å². The van der Waals surface area contributed by atoms with Crippen LogP contribution in [0.1, 0.15) is 220 Å². The Bertz CT molecular complexity index is 360. The van der Waals surface area contributed by atoms with Gasteiger partial charge in [-0.15, -0.1) is 0 Å². The summed E-state index contributed by atoms with van der Waals surface area (Å²) in [5, 5.41) is 0. The van der Waals surface area contributed by atoms with Gasteiger partial charge in [-0.25, -0.2) is 0 Å². The van der Waals surface area contributed by atoms with Crippen molar-refractivity contribution < 1.29 is 0 Å². The molecule has 0 heterocycles. The molecule has 0 aliphatic carbocycles. The summed E-state index contributed by atoms with van der Waals surface area (Å²) in [6.07, 6.45) is 45.8. The molecule has 0 bridgehead atoms. The van der Waals surface area contributed by atoms with Crippen LogP contribution >= 0.6 is 11.8 Å². The van der Waals surface area contributed by atoms with Gasteiger partial charge in [0.15, 0.2) is 0 Å². The van der Waals surface area contributed by atoms with Crippen LogP contribution in [0.3, 0.4) is 0 Å². The van der Waals surface area contributed by atoms with E-state index in [2.05, 4.69) is 32.5 Å². The number of hydrogen-bond donors (Lipinski definition) is 0. The zero-order valence-electron chi connectivity index (χ0n) is 27.3. The molecule has 0 unspecified atom stereocenters. The van der Waals surface area contributed by atoms with Crippen LogP contribution in [0, 0.1) is 5.92 Å². The van der Waals surface area contributed by atoms with Crippen molar-refractivity contribution in [3.05, 3.63) is 0 Å². The molecular weight excluding hydrogens is 476 g/mol. The summed E-state index contributed by atoms with van der Waals surface area (Å²) in [5.41, 5.74) is 0. The van der Waals surface area contributed by atoms with E-state index in [0.29, 0.717) is 0 Å². The van der Waals surface area contributed by atoms with E-state index >= 15 is 0 Å². The topological polar surface area (TPSA) is 0 Å². The fourth-order valence-corrected chi connectivity index (χ4v) is 6.87. The highest BCUT2D eigenvalue weighted by molar-refractivity contribution is 7.99. The van der Waals surface area contributed by atoms with Crippen LogP contribution < -0.4 is 0 Å². The van der Waals surface area contributed by atoms with Crippen molar-refractivity contribution in [2.45, 2.75) is 220 Å². The molecule has 0 saturated carbocycles. The normalized spacial score (nSPS) is 11.7. The largest absolute Gasteiger partial charge is 0.162 e. The fourth-order valence-electron chi connectivity index (χ4n) is 6.08. The van der Waals surface area contributed by atoms with E-state index in [9.17, 15) is 0 Å². The Balaban J connectivity index is 3.55. The molecule has 1 heteroatoms. The average Bonchev–Trinajstić information content (AvgIpc) is 2.93. The first kappa shape index (κ1) is 38.4. The van der Waals surface area contributed by atoms with Gasteiger partial charge in [0, 0.05) is 0 Å². The van der Waals surface area contributed by atoms with E-state index in [0.717, 1.165) is 5.92 Å². The fraction of sp³-hybridized carbons (Fsp3) is 1.00. The molecule has 0 aromatic heterocycles. The van der Waals surface area contributed by atoms with E-state index in [1.54, 1.807) is 0 Å². The molecule has 0 nitrogen and oxygen atoms in total. The van der Waals surface area contributed by atoms with Gasteiger partial charge in [0.25, 0.3) is 0 Å². The maximum atomic E-state index is 2.32. The summed E-state index contributed by atoms with van der Waals surface area (Å²) >= 11 is 2.16. The van der Waals surface area contributed by atoms with Gasteiger partial charge in [-0.1, -0.05) is 213 Å². The summed E-state index contributed by atoms with van der Waals surface area (Å²) in [6.45, 7) is 6.94. The van der Waals surface area contributed by atoms with Gasteiger partial charge in [-0.05, 0) is 23.8 Å². The van der Waals surface area contributed by atoms with Gasteiger partial charge in [-0.3, -0.25) is 0 Å². The molecule has 38 heavy (non-hydrogen) atoms. The third-order valence-electron chi connectivity index (χ3n) is 8.81. The maximum absolute atomic E-state index is 2.32. The number of rotatable bonds is 34. The average molecular weight is 553 g/mol. The first-order valence-electron chi connectivity index (χ1n) is 18.4. The van der Waals surface area contributed by atoms with Crippen molar-refractivity contribution in [3.8, 4) is 0 Å². The standard InChI is InChI=1S/C37H76S/c1-4-7-9-11-13-15-17-19-21-23-25-27-29-31-33-37(35-36-38-6-3)34-32-30-28-26-24-22-20-18-16-14-12-10-8-5-2/h37H,4-36H2,1-3H3. The molecule has 0 rings (SSSR count). The Morgan fingerprint density at radius 1 is 0.316 bits per heavy atom. The molecule has 0 aromatic carbocycles. The molecule has 0 fully saturated rings. The predicted octanol–water partition coefficient (Wildman–Crippen LogP) is 14.5. The third-order valence-corrected chi connectivity index (χ3v) is 9.74.